The van der Waals surface area contributed by atoms with Gasteiger partial charge in [-0.3, -0.25) is 9.52 Å². The van der Waals surface area contributed by atoms with Crippen LogP contribution in [0.1, 0.15) is 15.9 Å². The molecule has 0 heterocycles. The fraction of sp³-hybridized carbons (Fsp3) is 0.0690. The highest BCUT2D eigenvalue weighted by atomic mass is 32.2. The Morgan fingerprint density at radius 1 is 0.628 bits per heavy atom. The molecule has 0 fully saturated rings. The molecule has 0 bridgehead atoms. The van der Waals surface area contributed by atoms with Crippen molar-refractivity contribution >= 4 is 43.6 Å². The van der Waals surface area contributed by atoms with E-state index in [9.17, 15) is 41.4 Å². The lowest BCUT2D eigenvalue weighted by Gasteiger charge is -2.36. The molecule has 43 heavy (non-hydrogen) atoms. The van der Waals surface area contributed by atoms with Gasteiger partial charge in [0.05, 0.1) is 9.79 Å². The second kappa shape index (κ2) is 12.4. The number of benzene rings is 4. The Morgan fingerprint density at radius 2 is 1.09 bits per heavy atom. The van der Waals surface area contributed by atoms with Crippen molar-refractivity contribution in [3.05, 3.63) is 126 Å². The number of carbonyl (C=O) groups excluding carboxylic acids is 1. The summed E-state index contributed by atoms with van der Waals surface area (Å²) in [5.41, 5.74) is -3.23. The number of anilines is 1. The summed E-state index contributed by atoms with van der Waals surface area (Å²) >= 11 is 0. The van der Waals surface area contributed by atoms with Gasteiger partial charge in [-0.25, -0.2) is 26.4 Å². The molecule has 0 aliphatic heterocycles. The van der Waals surface area contributed by atoms with E-state index in [0.717, 1.165) is 0 Å². The molecule has 5 N–H and O–H groups in total. The van der Waals surface area contributed by atoms with E-state index < -0.39 is 49.5 Å². The second-order valence-electron chi connectivity index (χ2n) is 9.14. The number of aliphatic carboxylic acids is 2. The summed E-state index contributed by atoms with van der Waals surface area (Å²) in [7, 11) is -8.58. The summed E-state index contributed by atoms with van der Waals surface area (Å²) in [6, 6.07) is 23.5. The zero-order valence-electron chi connectivity index (χ0n) is 22.1. The third-order valence-electron chi connectivity index (χ3n) is 6.32. The van der Waals surface area contributed by atoms with Gasteiger partial charge in [0.15, 0.2) is 11.6 Å². The number of carbonyl (C=O) groups is 3. The average Bonchev–Trinajstić information content (AvgIpc) is 3.00. The molecule has 1 amide bonds. The SMILES string of the molecule is O=C(NC(C(=O)O)C(NS(=O)(=O)c1ccccc1)(C(=O)O)c1ccccc1)c1ccc(NS(=O)(=O)c2ccccc2)cc1. The predicted octanol–water partition coefficient (Wildman–Crippen LogP) is 2.63. The number of carboxylic acids is 2. The second-order valence-corrected chi connectivity index (χ2v) is 12.5. The van der Waals surface area contributed by atoms with Gasteiger partial charge >= 0.3 is 11.9 Å². The van der Waals surface area contributed by atoms with Gasteiger partial charge in [0, 0.05) is 11.3 Å². The minimum absolute atomic E-state index is 0.00463. The van der Waals surface area contributed by atoms with Crippen molar-refractivity contribution in [1.29, 1.82) is 0 Å². The van der Waals surface area contributed by atoms with Crippen LogP contribution in [0.2, 0.25) is 0 Å². The smallest absolute Gasteiger partial charge is 0.332 e. The highest BCUT2D eigenvalue weighted by Gasteiger charge is 2.55. The molecular weight excluding hydrogens is 598 g/mol. The van der Waals surface area contributed by atoms with E-state index >= 15 is 0 Å². The molecule has 2 atom stereocenters. The van der Waals surface area contributed by atoms with Crippen LogP contribution in [-0.2, 0) is 35.2 Å². The van der Waals surface area contributed by atoms with E-state index in [1.807, 2.05) is 4.72 Å². The Morgan fingerprint density at radius 3 is 1.56 bits per heavy atom. The van der Waals surface area contributed by atoms with Crippen molar-refractivity contribution in [1.82, 2.24) is 10.0 Å². The van der Waals surface area contributed by atoms with E-state index in [1.165, 1.54) is 91.0 Å². The molecule has 222 valence electrons. The fourth-order valence-electron chi connectivity index (χ4n) is 4.22. The monoisotopic (exact) mass is 623 g/mol. The molecule has 0 spiro atoms. The molecule has 0 saturated carbocycles. The molecule has 4 aromatic rings. The van der Waals surface area contributed by atoms with Gasteiger partial charge in [0.2, 0.25) is 10.0 Å². The first-order valence-corrected chi connectivity index (χ1v) is 15.4. The van der Waals surface area contributed by atoms with Gasteiger partial charge in [0.25, 0.3) is 15.9 Å². The van der Waals surface area contributed by atoms with Gasteiger partial charge in [0.1, 0.15) is 0 Å². The lowest BCUT2D eigenvalue weighted by atomic mass is 9.83. The van der Waals surface area contributed by atoms with Crippen molar-refractivity contribution in [2.24, 2.45) is 0 Å². The van der Waals surface area contributed by atoms with Gasteiger partial charge in [-0.15, -0.1) is 0 Å². The normalized spacial score (nSPS) is 13.7. The largest absolute Gasteiger partial charge is 0.480 e. The minimum atomic E-state index is -4.65. The van der Waals surface area contributed by atoms with Crippen LogP contribution in [0.5, 0.6) is 0 Å². The fourth-order valence-corrected chi connectivity index (χ4v) is 6.68. The maximum atomic E-state index is 13.3. The van der Waals surface area contributed by atoms with E-state index in [2.05, 4.69) is 10.0 Å². The molecule has 14 heteroatoms. The van der Waals surface area contributed by atoms with E-state index in [0.29, 0.717) is 0 Å². The summed E-state index contributed by atoms with van der Waals surface area (Å²) in [6.07, 6.45) is 0. The molecule has 4 aromatic carbocycles. The van der Waals surface area contributed by atoms with Crippen LogP contribution < -0.4 is 14.8 Å². The topological polar surface area (TPSA) is 196 Å². The standard InChI is InChI=1S/C29H25N3O9S2/c33-26(20-16-18-22(19-17-20)31-42(38,39)23-12-6-2-7-13-23)30-25(27(34)35)29(28(36)37,21-10-4-1-5-11-21)32-43(40,41)24-14-8-3-9-15-24/h1-19,25,31-32H,(H,30,33)(H,34,35)(H,36,37). The maximum absolute atomic E-state index is 13.3. The first kappa shape index (κ1) is 30.9. The van der Waals surface area contributed by atoms with Crippen LogP contribution in [0.15, 0.2) is 125 Å². The molecule has 4 rings (SSSR count). The molecule has 0 radical (unpaired) electrons. The molecule has 0 aliphatic carbocycles. The number of sulfonamides is 2. The van der Waals surface area contributed by atoms with Gasteiger partial charge < -0.3 is 15.5 Å². The molecule has 2 unspecified atom stereocenters. The van der Waals surface area contributed by atoms with E-state index in [4.69, 9.17) is 0 Å². The zero-order valence-corrected chi connectivity index (χ0v) is 23.7. The van der Waals surface area contributed by atoms with Crippen molar-refractivity contribution in [3.63, 3.8) is 0 Å². The van der Waals surface area contributed by atoms with Gasteiger partial charge in [-0.1, -0.05) is 66.7 Å². The Hall–Kier alpha value is -5.05. The molecule has 0 aromatic heterocycles. The maximum Gasteiger partial charge on any atom is 0.332 e. The summed E-state index contributed by atoms with van der Waals surface area (Å²) in [5, 5.41) is 22.7. The Bertz CT molecular complexity index is 1840. The third-order valence-corrected chi connectivity index (χ3v) is 9.20. The highest BCUT2D eigenvalue weighted by Crippen LogP contribution is 2.30. The number of carboxylic acid groups (broad SMARTS) is 2. The van der Waals surface area contributed by atoms with Crippen molar-refractivity contribution in [2.45, 2.75) is 21.4 Å². The average molecular weight is 624 g/mol. The number of hydrogen-bond donors (Lipinski definition) is 5. The Kier molecular flexibility index (Phi) is 8.94. The molecule has 0 saturated heterocycles. The number of rotatable bonds is 12. The first-order valence-electron chi connectivity index (χ1n) is 12.5. The predicted molar refractivity (Wildman–Crippen MR) is 155 cm³/mol. The van der Waals surface area contributed by atoms with Crippen LogP contribution in [-0.4, -0.2) is 50.9 Å². The van der Waals surface area contributed by atoms with E-state index in [1.54, 1.807) is 24.3 Å². The quantitative estimate of drug-likeness (QED) is 0.158. The molecule has 12 nitrogen and oxygen atoms in total. The van der Waals surface area contributed by atoms with Crippen LogP contribution in [0.4, 0.5) is 5.69 Å². The van der Waals surface area contributed by atoms with Crippen LogP contribution in [0.25, 0.3) is 0 Å². The third kappa shape index (κ3) is 6.72. The lowest BCUT2D eigenvalue weighted by Crippen LogP contribution is -2.66. The number of nitrogens with one attached hydrogen (secondary N) is 3. The van der Waals surface area contributed by atoms with Gasteiger partial charge in [-0.05, 0) is 54.1 Å². The van der Waals surface area contributed by atoms with Crippen molar-refractivity contribution in [2.75, 3.05) is 4.72 Å². The van der Waals surface area contributed by atoms with Crippen LogP contribution in [0, 0.1) is 0 Å². The first-order chi connectivity index (χ1) is 20.4. The zero-order chi connectivity index (χ0) is 31.3. The number of hydrogen-bond acceptors (Lipinski definition) is 7. The van der Waals surface area contributed by atoms with Crippen molar-refractivity contribution < 1.29 is 41.4 Å². The number of amides is 1. The summed E-state index contributed by atoms with van der Waals surface area (Å²) < 4.78 is 56.2. The van der Waals surface area contributed by atoms with Crippen LogP contribution in [0.3, 0.4) is 0 Å². The Balaban J connectivity index is 1.69. The van der Waals surface area contributed by atoms with E-state index in [-0.39, 0.29) is 26.6 Å². The van der Waals surface area contributed by atoms with Crippen molar-refractivity contribution in [3.8, 4) is 0 Å². The molecule has 0 aliphatic rings. The summed E-state index contributed by atoms with van der Waals surface area (Å²) in [6.45, 7) is 0. The lowest BCUT2D eigenvalue weighted by molar-refractivity contribution is -0.153. The Labute approximate surface area is 247 Å². The summed E-state index contributed by atoms with van der Waals surface area (Å²) in [4.78, 5) is 38.4. The summed E-state index contributed by atoms with van der Waals surface area (Å²) in [5.74, 6) is -4.80. The van der Waals surface area contributed by atoms with Gasteiger partial charge in [-0.2, -0.15) is 4.72 Å². The van der Waals surface area contributed by atoms with Crippen LogP contribution >= 0.6 is 0 Å². The highest BCUT2D eigenvalue weighted by molar-refractivity contribution is 7.92. The minimum Gasteiger partial charge on any atom is -0.480 e. The molecular formula is C29H25N3O9S2.